The maximum absolute atomic E-state index is 13.4. The van der Waals surface area contributed by atoms with E-state index in [0.29, 0.717) is 5.56 Å². The third-order valence-electron chi connectivity index (χ3n) is 2.79. The Morgan fingerprint density at radius 1 is 1.20 bits per heavy atom. The molecule has 0 atom stereocenters. The highest BCUT2D eigenvalue weighted by atomic mass is 79.9. The number of carbonyl (C=O) groups excluding carboxylic acids is 1. The third kappa shape index (κ3) is 2.91. The predicted molar refractivity (Wildman–Crippen MR) is 75.2 cm³/mol. The van der Waals surface area contributed by atoms with Gasteiger partial charge < -0.3 is 0 Å². The van der Waals surface area contributed by atoms with E-state index < -0.39 is 10.7 Å². The minimum atomic E-state index is -0.543. The van der Waals surface area contributed by atoms with Crippen LogP contribution >= 0.6 is 15.9 Å². The first-order valence-electron chi connectivity index (χ1n) is 5.70. The van der Waals surface area contributed by atoms with Crippen molar-refractivity contribution in [3.05, 3.63) is 74.0 Å². The van der Waals surface area contributed by atoms with Crippen LogP contribution in [0.5, 0.6) is 0 Å². The minimum Gasteiger partial charge on any atom is -0.294 e. The Morgan fingerprint density at radius 2 is 1.90 bits per heavy atom. The normalized spacial score (nSPS) is 10.3. The zero-order valence-electron chi connectivity index (χ0n) is 10.2. The first kappa shape index (κ1) is 14.3. The van der Waals surface area contributed by atoms with Crippen LogP contribution in [0.3, 0.4) is 0 Å². The second-order valence-corrected chi connectivity index (χ2v) is 4.88. The summed E-state index contributed by atoms with van der Waals surface area (Å²) in [5.74, 6) is -0.927. The highest BCUT2D eigenvalue weighted by Crippen LogP contribution is 2.24. The molecule has 0 bridgehead atoms. The lowest BCUT2D eigenvalue weighted by Gasteiger charge is -2.05. The molecule has 0 aromatic heterocycles. The van der Waals surface area contributed by atoms with Crippen LogP contribution in [-0.2, 0) is 6.42 Å². The highest BCUT2D eigenvalue weighted by Gasteiger charge is 2.18. The number of Topliss-reactive ketones (excluding diaryl/α,β-unsaturated/α-hetero) is 1. The van der Waals surface area contributed by atoms with Crippen molar-refractivity contribution >= 4 is 27.4 Å². The van der Waals surface area contributed by atoms with Gasteiger partial charge >= 0.3 is 0 Å². The molecule has 0 spiro atoms. The van der Waals surface area contributed by atoms with Crippen molar-refractivity contribution < 1.29 is 14.1 Å². The number of halogens is 2. The van der Waals surface area contributed by atoms with Crippen LogP contribution in [0.4, 0.5) is 10.1 Å². The second kappa shape index (κ2) is 5.92. The Hall–Kier alpha value is -2.08. The van der Waals surface area contributed by atoms with Gasteiger partial charge in [0.05, 0.1) is 9.40 Å². The molecule has 0 fully saturated rings. The summed E-state index contributed by atoms with van der Waals surface area (Å²) < 4.78 is 13.5. The predicted octanol–water partition coefficient (Wildman–Crippen LogP) is 3.92. The fraction of sp³-hybridized carbons (Fsp3) is 0.0714. The van der Waals surface area contributed by atoms with Gasteiger partial charge in [-0.25, -0.2) is 4.39 Å². The Kier molecular flexibility index (Phi) is 4.24. The molecule has 0 amide bonds. The number of carbonyl (C=O) groups is 1. The van der Waals surface area contributed by atoms with Crippen molar-refractivity contribution in [3.63, 3.8) is 0 Å². The van der Waals surface area contributed by atoms with Crippen LogP contribution in [0.25, 0.3) is 0 Å². The van der Waals surface area contributed by atoms with E-state index >= 15 is 0 Å². The lowest BCUT2D eigenvalue weighted by atomic mass is 10.0. The van der Waals surface area contributed by atoms with E-state index in [0.717, 1.165) is 0 Å². The number of nitrogens with zero attached hydrogens (tertiary/aromatic N) is 1. The number of ketones is 1. The zero-order chi connectivity index (χ0) is 14.7. The van der Waals surface area contributed by atoms with Gasteiger partial charge in [-0.05, 0) is 22.0 Å². The summed E-state index contributed by atoms with van der Waals surface area (Å²) in [7, 11) is 0. The van der Waals surface area contributed by atoms with Crippen LogP contribution in [0.2, 0.25) is 0 Å². The van der Waals surface area contributed by atoms with Gasteiger partial charge in [0.25, 0.3) is 5.69 Å². The Morgan fingerprint density at radius 3 is 2.60 bits per heavy atom. The van der Waals surface area contributed by atoms with Crippen molar-refractivity contribution in [2.24, 2.45) is 0 Å². The number of benzene rings is 2. The summed E-state index contributed by atoms with van der Waals surface area (Å²) in [4.78, 5) is 22.5. The molecule has 0 heterocycles. The van der Waals surface area contributed by atoms with Gasteiger partial charge in [0.15, 0.2) is 5.78 Å². The van der Waals surface area contributed by atoms with E-state index in [1.807, 2.05) is 0 Å². The summed E-state index contributed by atoms with van der Waals surface area (Å²) in [6.07, 6.45) is -0.154. The Bertz CT molecular complexity index is 688. The average Bonchev–Trinajstić information content (AvgIpc) is 2.42. The smallest absolute Gasteiger partial charge is 0.273 e. The molecule has 0 aliphatic rings. The maximum atomic E-state index is 13.4. The van der Waals surface area contributed by atoms with Crippen molar-refractivity contribution in [3.8, 4) is 0 Å². The SMILES string of the molecule is O=C(Cc1ccccc1[N+](=O)[O-])c1cccc(F)c1Br. The molecule has 0 saturated heterocycles. The zero-order valence-corrected chi connectivity index (χ0v) is 11.8. The van der Waals surface area contributed by atoms with Gasteiger partial charge in [-0.3, -0.25) is 14.9 Å². The molecule has 2 rings (SSSR count). The third-order valence-corrected chi connectivity index (χ3v) is 3.60. The summed E-state index contributed by atoms with van der Waals surface area (Å²) in [5.41, 5.74) is 0.357. The standard InChI is InChI=1S/C14H9BrFNO3/c15-14-10(5-3-6-11(14)16)13(18)8-9-4-1-2-7-12(9)17(19)20/h1-7H,8H2. The first-order chi connectivity index (χ1) is 9.50. The number of para-hydroxylation sites is 1. The highest BCUT2D eigenvalue weighted by molar-refractivity contribution is 9.10. The van der Waals surface area contributed by atoms with Gasteiger partial charge in [-0.2, -0.15) is 0 Å². The molecule has 0 aliphatic carbocycles. The van der Waals surface area contributed by atoms with Gasteiger partial charge in [0, 0.05) is 23.6 Å². The van der Waals surface area contributed by atoms with Crippen molar-refractivity contribution in [2.45, 2.75) is 6.42 Å². The molecule has 2 aromatic rings. The van der Waals surface area contributed by atoms with E-state index in [9.17, 15) is 19.3 Å². The topological polar surface area (TPSA) is 60.2 Å². The van der Waals surface area contributed by atoms with Crippen LogP contribution in [0, 0.1) is 15.9 Å². The number of hydrogen-bond donors (Lipinski definition) is 0. The fourth-order valence-corrected chi connectivity index (χ4v) is 2.31. The molecule has 0 aliphatic heterocycles. The van der Waals surface area contributed by atoms with Gasteiger partial charge in [-0.15, -0.1) is 0 Å². The summed E-state index contributed by atoms with van der Waals surface area (Å²) in [6, 6.07) is 10.1. The molecule has 4 nitrogen and oxygen atoms in total. The quantitative estimate of drug-likeness (QED) is 0.482. The lowest BCUT2D eigenvalue weighted by Crippen LogP contribution is -2.07. The Labute approximate surface area is 122 Å². The number of nitro groups is 1. The van der Waals surface area contributed by atoms with E-state index in [4.69, 9.17) is 0 Å². The van der Waals surface area contributed by atoms with E-state index in [1.54, 1.807) is 6.07 Å². The van der Waals surface area contributed by atoms with Crippen molar-refractivity contribution in [1.29, 1.82) is 0 Å². The molecule has 0 unspecified atom stereocenters. The fourth-order valence-electron chi connectivity index (χ4n) is 1.83. The minimum absolute atomic E-state index is 0.0728. The van der Waals surface area contributed by atoms with E-state index in [-0.39, 0.29) is 27.9 Å². The number of nitro benzene ring substituents is 1. The van der Waals surface area contributed by atoms with E-state index in [2.05, 4.69) is 15.9 Å². The van der Waals surface area contributed by atoms with Gasteiger partial charge in [-0.1, -0.05) is 30.3 Å². The maximum Gasteiger partial charge on any atom is 0.273 e. The molecule has 0 N–H and O–H groups in total. The van der Waals surface area contributed by atoms with Crippen molar-refractivity contribution in [2.75, 3.05) is 0 Å². The molecule has 102 valence electrons. The Balaban J connectivity index is 2.33. The van der Waals surface area contributed by atoms with Gasteiger partial charge in [0.1, 0.15) is 5.82 Å². The molecule has 0 radical (unpaired) electrons. The summed E-state index contributed by atoms with van der Waals surface area (Å²) in [6.45, 7) is 0. The summed E-state index contributed by atoms with van der Waals surface area (Å²) >= 11 is 3.01. The first-order valence-corrected chi connectivity index (χ1v) is 6.49. The second-order valence-electron chi connectivity index (χ2n) is 4.09. The lowest BCUT2D eigenvalue weighted by molar-refractivity contribution is -0.385. The molecule has 2 aromatic carbocycles. The van der Waals surface area contributed by atoms with Crippen LogP contribution in [0.15, 0.2) is 46.9 Å². The molecular formula is C14H9BrFNO3. The molecule has 0 saturated carbocycles. The van der Waals surface area contributed by atoms with Crippen LogP contribution in [-0.4, -0.2) is 10.7 Å². The molecular weight excluding hydrogens is 329 g/mol. The van der Waals surface area contributed by atoms with E-state index in [1.165, 1.54) is 36.4 Å². The molecule has 6 heteroatoms. The molecule has 20 heavy (non-hydrogen) atoms. The average molecular weight is 338 g/mol. The largest absolute Gasteiger partial charge is 0.294 e. The van der Waals surface area contributed by atoms with Crippen LogP contribution < -0.4 is 0 Å². The monoisotopic (exact) mass is 337 g/mol. The van der Waals surface area contributed by atoms with Crippen molar-refractivity contribution in [1.82, 2.24) is 0 Å². The van der Waals surface area contributed by atoms with Crippen LogP contribution in [0.1, 0.15) is 15.9 Å². The summed E-state index contributed by atoms with van der Waals surface area (Å²) in [5, 5.41) is 10.9. The number of hydrogen-bond acceptors (Lipinski definition) is 3. The number of rotatable bonds is 4. The van der Waals surface area contributed by atoms with Gasteiger partial charge in [0.2, 0.25) is 0 Å².